The molecular formula is C12H22BrNO2. The van der Waals surface area contributed by atoms with Crippen molar-refractivity contribution < 1.29 is 9.53 Å². The van der Waals surface area contributed by atoms with Crippen LogP contribution < -0.4 is 5.32 Å². The van der Waals surface area contributed by atoms with Crippen molar-refractivity contribution in [3.63, 3.8) is 0 Å². The Kier molecular flexibility index (Phi) is 6.36. The second-order valence-electron chi connectivity index (χ2n) is 4.40. The molecule has 16 heavy (non-hydrogen) atoms. The Morgan fingerprint density at radius 3 is 2.69 bits per heavy atom. The minimum absolute atomic E-state index is 0.0707. The van der Waals surface area contributed by atoms with Gasteiger partial charge in [-0.3, -0.25) is 4.79 Å². The Bertz CT molecular complexity index is 213. The fourth-order valence-corrected chi connectivity index (χ4v) is 2.96. The summed E-state index contributed by atoms with van der Waals surface area (Å²) in [5.74, 6) is 0.856. The Labute approximate surface area is 106 Å². The van der Waals surface area contributed by atoms with Crippen LogP contribution >= 0.6 is 15.9 Å². The van der Waals surface area contributed by atoms with Gasteiger partial charge >= 0.3 is 0 Å². The van der Waals surface area contributed by atoms with Crippen LogP contribution in [0.15, 0.2) is 0 Å². The summed E-state index contributed by atoms with van der Waals surface area (Å²) in [6.45, 7) is 6.41. The quantitative estimate of drug-likeness (QED) is 0.763. The van der Waals surface area contributed by atoms with Crippen molar-refractivity contribution in [2.45, 2.75) is 37.9 Å². The number of alkyl halides is 1. The molecule has 0 spiro atoms. The molecule has 1 fully saturated rings. The summed E-state index contributed by atoms with van der Waals surface area (Å²) in [5, 5.41) is 3.01. The third kappa shape index (κ3) is 4.06. The molecule has 1 heterocycles. The average molecular weight is 292 g/mol. The second kappa shape index (κ2) is 7.28. The summed E-state index contributed by atoms with van der Waals surface area (Å²) in [5.41, 5.74) is 0. The van der Waals surface area contributed by atoms with Crippen LogP contribution in [0, 0.1) is 11.8 Å². The highest BCUT2D eigenvalue weighted by Crippen LogP contribution is 2.20. The van der Waals surface area contributed by atoms with E-state index in [-0.39, 0.29) is 11.8 Å². The lowest BCUT2D eigenvalue weighted by Gasteiger charge is -2.20. The second-order valence-corrected chi connectivity index (χ2v) is 5.57. The van der Waals surface area contributed by atoms with Crippen LogP contribution in [0.4, 0.5) is 0 Å². The molecule has 1 aliphatic heterocycles. The Morgan fingerprint density at radius 2 is 2.19 bits per heavy atom. The van der Waals surface area contributed by atoms with Gasteiger partial charge in [0.05, 0.1) is 12.5 Å². The first kappa shape index (κ1) is 14.0. The van der Waals surface area contributed by atoms with E-state index >= 15 is 0 Å². The third-order valence-corrected chi connectivity index (χ3v) is 4.40. The van der Waals surface area contributed by atoms with E-state index in [1.165, 1.54) is 0 Å². The Balaban J connectivity index is 2.24. The minimum Gasteiger partial charge on any atom is -0.381 e. The number of nitrogens with one attached hydrogen (secondary N) is 1. The summed E-state index contributed by atoms with van der Waals surface area (Å²) in [6, 6.07) is 0. The zero-order valence-electron chi connectivity index (χ0n) is 10.2. The van der Waals surface area contributed by atoms with Crippen molar-refractivity contribution in [1.82, 2.24) is 5.32 Å². The van der Waals surface area contributed by atoms with E-state index in [9.17, 15) is 4.79 Å². The maximum absolute atomic E-state index is 11.7. The summed E-state index contributed by atoms with van der Waals surface area (Å²) < 4.78 is 5.20. The Hall–Kier alpha value is -0.0900. The fraction of sp³-hybridized carbons (Fsp3) is 0.917. The van der Waals surface area contributed by atoms with Crippen LogP contribution in [-0.4, -0.2) is 30.5 Å². The van der Waals surface area contributed by atoms with Crippen molar-refractivity contribution in [1.29, 1.82) is 0 Å². The molecule has 0 saturated carbocycles. The van der Waals surface area contributed by atoms with E-state index < -0.39 is 0 Å². The number of halogens is 1. The largest absolute Gasteiger partial charge is 0.381 e. The molecule has 3 nitrogen and oxygen atoms in total. The fourth-order valence-electron chi connectivity index (χ4n) is 2.05. The standard InChI is InChI=1S/C12H22BrNO2/c1-3-9(4-2)11(13)7-14-12(15)10-5-6-16-8-10/h9-11H,3-8H2,1-2H3,(H,14,15). The molecule has 0 aliphatic carbocycles. The zero-order valence-corrected chi connectivity index (χ0v) is 11.8. The van der Waals surface area contributed by atoms with Gasteiger partial charge in [0.2, 0.25) is 5.91 Å². The zero-order chi connectivity index (χ0) is 12.0. The van der Waals surface area contributed by atoms with Gasteiger partial charge in [-0.15, -0.1) is 0 Å². The van der Waals surface area contributed by atoms with E-state index in [1.54, 1.807) is 0 Å². The average Bonchev–Trinajstić information content (AvgIpc) is 2.81. The summed E-state index contributed by atoms with van der Waals surface area (Å²) in [6.07, 6.45) is 3.16. The highest BCUT2D eigenvalue weighted by molar-refractivity contribution is 9.09. The molecule has 1 N–H and O–H groups in total. The van der Waals surface area contributed by atoms with Crippen LogP contribution in [0.25, 0.3) is 0 Å². The number of carbonyl (C=O) groups is 1. The van der Waals surface area contributed by atoms with Crippen molar-refractivity contribution in [3.05, 3.63) is 0 Å². The molecule has 2 atom stereocenters. The van der Waals surface area contributed by atoms with Crippen molar-refractivity contribution >= 4 is 21.8 Å². The molecule has 0 radical (unpaired) electrons. The topological polar surface area (TPSA) is 38.3 Å². The predicted molar refractivity (Wildman–Crippen MR) is 68.7 cm³/mol. The van der Waals surface area contributed by atoms with Gasteiger partial charge in [0.15, 0.2) is 0 Å². The predicted octanol–water partition coefficient (Wildman–Crippen LogP) is 2.34. The maximum Gasteiger partial charge on any atom is 0.225 e. The molecule has 94 valence electrons. The molecule has 0 aromatic rings. The molecule has 2 unspecified atom stereocenters. The number of carbonyl (C=O) groups excluding carboxylic acids is 1. The van der Waals surface area contributed by atoms with Gasteiger partial charge in [-0.2, -0.15) is 0 Å². The lowest BCUT2D eigenvalue weighted by molar-refractivity contribution is -0.124. The van der Waals surface area contributed by atoms with Crippen LogP contribution in [0.5, 0.6) is 0 Å². The number of amides is 1. The van der Waals surface area contributed by atoms with Gasteiger partial charge < -0.3 is 10.1 Å². The lowest BCUT2D eigenvalue weighted by atomic mass is 9.99. The van der Waals surface area contributed by atoms with Crippen molar-refractivity contribution in [2.75, 3.05) is 19.8 Å². The SMILES string of the molecule is CCC(CC)C(Br)CNC(=O)C1CCOC1. The molecular weight excluding hydrogens is 270 g/mol. The number of hydrogen-bond acceptors (Lipinski definition) is 2. The molecule has 0 aromatic carbocycles. The summed E-state index contributed by atoms with van der Waals surface area (Å²) >= 11 is 3.66. The highest BCUT2D eigenvalue weighted by Gasteiger charge is 2.24. The Morgan fingerprint density at radius 1 is 1.50 bits per heavy atom. The van der Waals surface area contributed by atoms with Gasteiger partial charge in [0.1, 0.15) is 0 Å². The van der Waals surface area contributed by atoms with E-state index in [1.807, 2.05) is 0 Å². The normalized spacial score (nSPS) is 22.4. The van der Waals surface area contributed by atoms with Crippen LogP contribution in [-0.2, 0) is 9.53 Å². The van der Waals surface area contributed by atoms with E-state index in [0.29, 0.717) is 17.4 Å². The van der Waals surface area contributed by atoms with Crippen molar-refractivity contribution in [2.24, 2.45) is 11.8 Å². The summed E-state index contributed by atoms with van der Waals surface area (Å²) in [4.78, 5) is 12.1. The first-order valence-electron chi connectivity index (χ1n) is 6.18. The van der Waals surface area contributed by atoms with Gasteiger partial charge in [-0.25, -0.2) is 0 Å². The number of rotatable bonds is 6. The van der Waals surface area contributed by atoms with E-state index in [0.717, 1.165) is 32.4 Å². The number of hydrogen-bond donors (Lipinski definition) is 1. The molecule has 1 saturated heterocycles. The van der Waals surface area contributed by atoms with E-state index in [4.69, 9.17) is 4.74 Å². The minimum atomic E-state index is 0.0707. The van der Waals surface area contributed by atoms with Crippen LogP contribution in [0.3, 0.4) is 0 Å². The monoisotopic (exact) mass is 291 g/mol. The molecule has 0 bridgehead atoms. The molecule has 1 rings (SSSR count). The molecule has 4 heteroatoms. The van der Waals surface area contributed by atoms with Crippen molar-refractivity contribution in [3.8, 4) is 0 Å². The van der Waals surface area contributed by atoms with Crippen LogP contribution in [0.1, 0.15) is 33.1 Å². The third-order valence-electron chi connectivity index (χ3n) is 3.33. The smallest absolute Gasteiger partial charge is 0.225 e. The first-order chi connectivity index (χ1) is 7.69. The maximum atomic E-state index is 11.7. The van der Waals surface area contributed by atoms with Crippen LogP contribution in [0.2, 0.25) is 0 Å². The number of ether oxygens (including phenoxy) is 1. The van der Waals surface area contributed by atoms with Gasteiger partial charge in [0.25, 0.3) is 0 Å². The van der Waals surface area contributed by atoms with Gasteiger partial charge in [-0.05, 0) is 12.3 Å². The van der Waals surface area contributed by atoms with Gasteiger partial charge in [0, 0.05) is 18.0 Å². The first-order valence-corrected chi connectivity index (χ1v) is 7.10. The highest BCUT2D eigenvalue weighted by atomic mass is 79.9. The lowest BCUT2D eigenvalue weighted by Crippen LogP contribution is -2.37. The van der Waals surface area contributed by atoms with Gasteiger partial charge in [-0.1, -0.05) is 42.6 Å². The molecule has 0 aromatic heterocycles. The molecule has 1 aliphatic rings. The summed E-state index contributed by atoms with van der Waals surface area (Å²) in [7, 11) is 0. The molecule has 1 amide bonds. The van der Waals surface area contributed by atoms with E-state index in [2.05, 4.69) is 35.1 Å².